The van der Waals surface area contributed by atoms with Gasteiger partial charge in [-0.3, -0.25) is 4.79 Å². The largest absolute Gasteiger partial charge is 0.550 e. The number of carboxylic acid groups (broad SMARTS) is 1. The van der Waals surface area contributed by atoms with Gasteiger partial charge in [-0.2, -0.15) is 0 Å². The van der Waals surface area contributed by atoms with E-state index in [9.17, 15) is 14.7 Å². The summed E-state index contributed by atoms with van der Waals surface area (Å²) >= 11 is 0. The topological polar surface area (TPSA) is 64.9 Å². The van der Waals surface area contributed by atoms with Gasteiger partial charge in [0.15, 0.2) is 0 Å². The predicted octanol–water partition coefficient (Wildman–Crippen LogP) is -0.995. The number of rotatable bonds is 5. The van der Waals surface area contributed by atoms with E-state index >= 15 is 0 Å². The fraction of sp³-hybridized carbons (Fsp3) is 0.500. The second-order valence-corrected chi connectivity index (χ2v) is 5.54. The van der Waals surface area contributed by atoms with E-state index in [1.165, 1.54) is 10.5 Å². The molecule has 0 aromatic heterocycles. The summed E-state index contributed by atoms with van der Waals surface area (Å²) in [6, 6.07) is 10.8. The SMILES string of the molecule is C[C@@H](c1ccccc1)[NH+]1CCN(C(=O)CCC(=O)[O-])CC1. The molecule has 1 amide bonds. The number of hydrogen-bond acceptors (Lipinski definition) is 3. The lowest BCUT2D eigenvalue weighted by Gasteiger charge is -2.35. The minimum absolute atomic E-state index is 0.0475. The first-order valence-electron chi connectivity index (χ1n) is 7.45. The average molecular weight is 290 g/mol. The monoisotopic (exact) mass is 290 g/mol. The van der Waals surface area contributed by atoms with Crippen LogP contribution in [0.3, 0.4) is 0 Å². The van der Waals surface area contributed by atoms with E-state index < -0.39 is 5.97 Å². The Labute approximate surface area is 125 Å². The Hall–Kier alpha value is -1.88. The molecule has 1 aromatic carbocycles. The maximum Gasteiger partial charge on any atom is 0.223 e. The van der Waals surface area contributed by atoms with Gasteiger partial charge < -0.3 is 19.7 Å². The van der Waals surface area contributed by atoms with E-state index in [0.717, 1.165) is 13.1 Å². The van der Waals surface area contributed by atoms with Crippen molar-refractivity contribution in [1.29, 1.82) is 0 Å². The third-order valence-corrected chi connectivity index (χ3v) is 4.21. The number of benzene rings is 1. The summed E-state index contributed by atoms with van der Waals surface area (Å²) < 4.78 is 0. The van der Waals surface area contributed by atoms with Crippen molar-refractivity contribution in [3.63, 3.8) is 0 Å². The number of nitrogens with one attached hydrogen (secondary N) is 1. The van der Waals surface area contributed by atoms with Gasteiger partial charge in [-0.15, -0.1) is 0 Å². The van der Waals surface area contributed by atoms with Crippen LogP contribution in [0.25, 0.3) is 0 Å². The number of carboxylic acids is 1. The summed E-state index contributed by atoms with van der Waals surface area (Å²) in [6.45, 7) is 5.38. The van der Waals surface area contributed by atoms with Crippen molar-refractivity contribution in [3.05, 3.63) is 35.9 Å². The Morgan fingerprint density at radius 1 is 1.19 bits per heavy atom. The van der Waals surface area contributed by atoms with Crippen LogP contribution in [-0.4, -0.2) is 43.0 Å². The predicted molar refractivity (Wildman–Crippen MR) is 76.4 cm³/mol. The first kappa shape index (κ1) is 15.5. The number of quaternary nitrogens is 1. The summed E-state index contributed by atoms with van der Waals surface area (Å²) in [6.07, 6.45) is -0.141. The van der Waals surface area contributed by atoms with Crippen LogP contribution in [-0.2, 0) is 9.59 Å². The number of carbonyl (C=O) groups excluding carboxylic acids is 2. The molecule has 0 aliphatic carbocycles. The van der Waals surface area contributed by atoms with E-state index in [1.807, 2.05) is 18.2 Å². The van der Waals surface area contributed by atoms with Gasteiger partial charge in [0.2, 0.25) is 5.91 Å². The molecule has 1 aliphatic heterocycles. The van der Waals surface area contributed by atoms with Crippen LogP contribution in [0, 0.1) is 0 Å². The van der Waals surface area contributed by atoms with Crippen LogP contribution >= 0.6 is 0 Å². The highest BCUT2D eigenvalue weighted by atomic mass is 16.4. The summed E-state index contributed by atoms with van der Waals surface area (Å²) in [7, 11) is 0. The zero-order valence-electron chi connectivity index (χ0n) is 12.4. The molecule has 114 valence electrons. The molecular formula is C16H22N2O3. The van der Waals surface area contributed by atoms with Gasteiger partial charge in [-0.1, -0.05) is 30.3 Å². The van der Waals surface area contributed by atoms with Gasteiger partial charge in [0.25, 0.3) is 0 Å². The Morgan fingerprint density at radius 3 is 2.38 bits per heavy atom. The summed E-state index contributed by atoms with van der Waals surface area (Å²) in [5, 5.41) is 10.4. The van der Waals surface area contributed by atoms with E-state index in [2.05, 4.69) is 19.1 Å². The lowest BCUT2D eigenvalue weighted by Crippen LogP contribution is -3.14. The highest BCUT2D eigenvalue weighted by Gasteiger charge is 2.27. The molecule has 0 radical (unpaired) electrons. The van der Waals surface area contributed by atoms with Crippen molar-refractivity contribution in [3.8, 4) is 0 Å². The Bertz CT molecular complexity index is 482. The van der Waals surface area contributed by atoms with Crippen LogP contribution in [0.4, 0.5) is 0 Å². The molecule has 1 saturated heterocycles. The first-order chi connectivity index (χ1) is 10.1. The quantitative estimate of drug-likeness (QED) is 0.757. The van der Waals surface area contributed by atoms with Crippen LogP contribution in [0.1, 0.15) is 31.4 Å². The summed E-state index contributed by atoms with van der Waals surface area (Å²) in [4.78, 5) is 25.5. The normalized spacial score (nSPS) is 17.5. The Balaban J connectivity index is 1.83. The maximum atomic E-state index is 11.9. The molecule has 5 heteroatoms. The highest BCUT2D eigenvalue weighted by Crippen LogP contribution is 2.08. The standard InChI is InChI=1S/C16H22N2O3/c1-13(14-5-3-2-4-6-14)17-9-11-18(12-10-17)15(19)7-8-16(20)21/h2-6,13H,7-12H2,1H3,(H,20,21)/t13-/m0/s1. The second-order valence-electron chi connectivity index (χ2n) is 5.54. The first-order valence-corrected chi connectivity index (χ1v) is 7.45. The molecular weight excluding hydrogens is 268 g/mol. The molecule has 0 spiro atoms. The van der Waals surface area contributed by atoms with E-state index in [4.69, 9.17) is 0 Å². The Kier molecular flexibility index (Phi) is 5.33. The zero-order chi connectivity index (χ0) is 15.2. The molecule has 1 aromatic rings. The molecule has 1 heterocycles. The molecule has 1 N–H and O–H groups in total. The maximum absolute atomic E-state index is 11.9. The number of amides is 1. The van der Waals surface area contributed by atoms with Crippen LogP contribution in [0.5, 0.6) is 0 Å². The van der Waals surface area contributed by atoms with Crippen LogP contribution in [0.2, 0.25) is 0 Å². The molecule has 5 nitrogen and oxygen atoms in total. The average Bonchev–Trinajstić information content (AvgIpc) is 2.53. The fourth-order valence-corrected chi connectivity index (χ4v) is 2.82. The smallest absolute Gasteiger partial charge is 0.223 e. The number of carbonyl (C=O) groups is 2. The highest BCUT2D eigenvalue weighted by molar-refractivity contribution is 5.80. The molecule has 21 heavy (non-hydrogen) atoms. The van der Waals surface area contributed by atoms with Crippen molar-refractivity contribution in [2.75, 3.05) is 26.2 Å². The van der Waals surface area contributed by atoms with Crippen LogP contribution < -0.4 is 10.0 Å². The van der Waals surface area contributed by atoms with Gasteiger partial charge >= 0.3 is 0 Å². The molecule has 0 unspecified atom stereocenters. The second kappa shape index (κ2) is 7.22. The third kappa shape index (κ3) is 4.29. The minimum Gasteiger partial charge on any atom is -0.550 e. The minimum atomic E-state index is -1.16. The number of nitrogens with zero attached hydrogens (tertiary/aromatic N) is 1. The van der Waals surface area contributed by atoms with Gasteiger partial charge in [0, 0.05) is 18.0 Å². The zero-order valence-corrected chi connectivity index (χ0v) is 12.4. The van der Waals surface area contributed by atoms with E-state index in [0.29, 0.717) is 19.1 Å². The molecule has 1 aliphatic rings. The lowest BCUT2D eigenvalue weighted by molar-refractivity contribution is -0.933. The number of hydrogen-bond donors (Lipinski definition) is 1. The summed E-state index contributed by atoms with van der Waals surface area (Å²) in [5.41, 5.74) is 1.31. The van der Waals surface area contributed by atoms with Gasteiger partial charge in [0.1, 0.15) is 6.04 Å². The van der Waals surface area contributed by atoms with Crippen molar-refractivity contribution in [2.24, 2.45) is 0 Å². The van der Waals surface area contributed by atoms with Crippen molar-refractivity contribution in [1.82, 2.24) is 4.90 Å². The summed E-state index contributed by atoms with van der Waals surface area (Å²) in [5.74, 6) is -1.24. The van der Waals surface area contributed by atoms with Gasteiger partial charge in [0.05, 0.1) is 26.2 Å². The third-order valence-electron chi connectivity index (χ3n) is 4.21. The lowest BCUT2D eigenvalue weighted by atomic mass is 10.1. The van der Waals surface area contributed by atoms with Gasteiger partial charge in [-0.05, 0) is 13.3 Å². The molecule has 0 saturated carbocycles. The number of piperazine rings is 1. The van der Waals surface area contributed by atoms with E-state index in [-0.39, 0.29) is 18.7 Å². The molecule has 1 fully saturated rings. The molecule has 0 bridgehead atoms. The Morgan fingerprint density at radius 2 is 1.81 bits per heavy atom. The van der Waals surface area contributed by atoms with Gasteiger partial charge in [-0.25, -0.2) is 0 Å². The van der Waals surface area contributed by atoms with E-state index in [1.54, 1.807) is 4.90 Å². The van der Waals surface area contributed by atoms with Crippen molar-refractivity contribution in [2.45, 2.75) is 25.8 Å². The van der Waals surface area contributed by atoms with Crippen LogP contribution in [0.15, 0.2) is 30.3 Å². The fourth-order valence-electron chi connectivity index (χ4n) is 2.82. The molecule has 2 rings (SSSR count). The van der Waals surface area contributed by atoms with Crippen molar-refractivity contribution >= 4 is 11.9 Å². The van der Waals surface area contributed by atoms with Crippen molar-refractivity contribution < 1.29 is 19.6 Å². The molecule has 1 atom stereocenters. The number of aliphatic carboxylic acids is 1.